The first-order valence-corrected chi connectivity index (χ1v) is 17.9. The molecule has 9 aromatic carbocycles. The lowest BCUT2D eigenvalue weighted by atomic mass is 9.93. The number of hydrogen-bond acceptors (Lipinski definition) is 2. The smallest absolute Gasteiger partial charge is 0.0540 e. The van der Waals surface area contributed by atoms with E-state index in [-0.39, 0.29) is 0 Å². The van der Waals surface area contributed by atoms with Gasteiger partial charge in [-0.2, -0.15) is 0 Å². The maximum absolute atomic E-state index is 2.42. The van der Waals surface area contributed by atoms with E-state index in [1.165, 1.54) is 74.7 Å². The Kier molecular flexibility index (Phi) is 6.75. The van der Waals surface area contributed by atoms with Gasteiger partial charge >= 0.3 is 0 Å². The molecule has 10 aromatic rings. The topological polar surface area (TPSA) is 3.24 Å². The van der Waals surface area contributed by atoms with E-state index in [4.69, 9.17) is 0 Å². The number of nitrogens with zero attached hydrogens (tertiary/aromatic N) is 1. The average molecular weight is 654 g/mol. The molecule has 10 rings (SSSR count). The van der Waals surface area contributed by atoms with Crippen LogP contribution < -0.4 is 4.90 Å². The molecule has 50 heavy (non-hydrogen) atoms. The quantitative estimate of drug-likeness (QED) is 0.167. The Balaban J connectivity index is 1.17. The summed E-state index contributed by atoms with van der Waals surface area (Å²) in [5, 5.41) is 10.3. The van der Waals surface area contributed by atoms with Crippen molar-refractivity contribution in [2.75, 3.05) is 4.90 Å². The molecule has 0 unspecified atom stereocenters. The fourth-order valence-electron chi connectivity index (χ4n) is 7.70. The summed E-state index contributed by atoms with van der Waals surface area (Å²) in [4.78, 5) is 2.42. The Bertz CT molecular complexity index is 2830. The van der Waals surface area contributed by atoms with Crippen LogP contribution in [0.1, 0.15) is 0 Å². The third-order valence-corrected chi connectivity index (χ3v) is 11.2. The summed E-state index contributed by atoms with van der Waals surface area (Å²) in [5.74, 6) is 0. The molecule has 1 heterocycles. The number of benzene rings is 9. The first kappa shape index (κ1) is 28.8. The van der Waals surface area contributed by atoms with Crippen LogP contribution in [0.5, 0.6) is 0 Å². The van der Waals surface area contributed by atoms with Gasteiger partial charge in [0.05, 0.1) is 5.69 Å². The summed E-state index contributed by atoms with van der Waals surface area (Å²) in [5.41, 5.74) is 8.20. The van der Waals surface area contributed by atoms with Crippen molar-refractivity contribution in [3.05, 3.63) is 188 Å². The van der Waals surface area contributed by atoms with Crippen LogP contribution >= 0.6 is 11.3 Å². The molecule has 0 atom stereocenters. The Hall–Kier alpha value is -6.22. The number of thiophene rings is 1. The highest BCUT2D eigenvalue weighted by Crippen LogP contribution is 2.44. The van der Waals surface area contributed by atoms with E-state index >= 15 is 0 Å². The average Bonchev–Trinajstić information content (AvgIpc) is 3.57. The molecule has 0 aliphatic rings. The molecule has 0 aliphatic heterocycles. The van der Waals surface area contributed by atoms with Crippen LogP contribution in [0, 0.1) is 0 Å². The first-order chi connectivity index (χ1) is 24.8. The van der Waals surface area contributed by atoms with Gasteiger partial charge in [-0.05, 0) is 97.5 Å². The molecular weight excluding hydrogens is 623 g/mol. The second-order valence-electron chi connectivity index (χ2n) is 12.9. The number of anilines is 3. The molecule has 0 N–H and O–H groups in total. The molecule has 0 amide bonds. The summed E-state index contributed by atoms with van der Waals surface area (Å²) in [6.45, 7) is 0. The Morgan fingerprint density at radius 2 is 0.840 bits per heavy atom. The largest absolute Gasteiger partial charge is 0.310 e. The monoisotopic (exact) mass is 653 g/mol. The first-order valence-electron chi connectivity index (χ1n) is 17.1. The molecule has 2 heteroatoms. The lowest BCUT2D eigenvalue weighted by Crippen LogP contribution is -2.11. The summed E-state index contributed by atoms with van der Waals surface area (Å²) < 4.78 is 2.66. The van der Waals surface area contributed by atoms with Gasteiger partial charge in [0.25, 0.3) is 0 Å². The van der Waals surface area contributed by atoms with Crippen LogP contribution in [0.4, 0.5) is 17.1 Å². The molecule has 0 fully saturated rings. The molecule has 0 saturated carbocycles. The van der Waals surface area contributed by atoms with Crippen LogP contribution in [-0.2, 0) is 0 Å². The number of hydrogen-bond donors (Lipinski definition) is 0. The Labute approximate surface area is 294 Å². The number of fused-ring (bicyclic) bond motifs is 9. The fraction of sp³-hybridized carbons (Fsp3) is 0. The summed E-state index contributed by atoms with van der Waals surface area (Å²) in [6.07, 6.45) is 0. The van der Waals surface area contributed by atoms with Gasteiger partial charge < -0.3 is 4.90 Å². The van der Waals surface area contributed by atoms with E-state index in [9.17, 15) is 0 Å². The van der Waals surface area contributed by atoms with Crippen LogP contribution in [0.25, 0.3) is 74.7 Å². The second kappa shape index (κ2) is 11.7. The zero-order chi connectivity index (χ0) is 33.0. The van der Waals surface area contributed by atoms with Crippen molar-refractivity contribution in [1.29, 1.82) is 0 Å². The molecule has 0 bridgehead atoms. The maximum atomic E-state index is 2.42. The third-order valence-electron chi connectivity index (χ3n) is 10.1. The van der Waals surface area contributed by atoms with E-state index in [1.54, 1.807) is 0 Å². The van der Waals surface area contributed by atoms with Crippen LogP contribution in [0.2, 0.25) is 0 Å². The number of rotatable bonds is 5. The van der Waals surface area contributed by atoms with Crippen molar-refractivity contribution in [2.45, 2.75) is 0 Å². The minimum atomic E-state index is 1.11. The van der Waals surface area contributed by atoms with Gasteiger partial charge in [0.2, 0.25) is 0 Å². The van der Waals surface area contributed by atoms with Gasteiger partial charge in [0.1, 0.15) is 0 Å². The molecular formula is C48H31NS. The van der Waals surface area contributed by atoms with E-state index in [0.29, 0.717) is 0 Å². The highest BCUT2D eigenvalue weighted by molar-refractivity contribution is 7.25. The highest BCUT2D eigenvalue weighted by atomic mass is 32.1. The van der Waals surface area contributed by atoms with Crippen molar-refractivity contribution in [3.8, 4) is 22.3 Å². The van der Waals surface area contributed by atoms with Gasteiger partial charge in [0.15, 0.2) is 0 Å². The molecule has 0 aliphatic carbocycles. The van der Waals surface area contributed by atoms with E-state index in [0.717, 1.165) is 17.1 Å². The predicted octanol–water partition coefficient (Wildman–Crippen LogP) is 14.3. The SMILES string of the molecule is c1ccc(-c2ccccc2N(c2ccc(-c3ccc4sc5ccccc5c4c3)cc2)c2ccc3c4ccccc4c4ccccc4c3c2)cc1. The van der Waals surface area contributed by atoms with Crippen LogP contribution in [0.3, 0.4) is 0 Å². The van der Waals surface area contributed by atoms with Gasteiger partial charge in [-0.3, -0.25) is 0 Å². The van der Waals surface area contributed by atoms with Gasteiger partial charge in [0, 0.05) is 37.1 Å². The third kappa shape index (κ3) is 4.69. The predicted molar refractivity (Wildman–Crippen MR) is 217 cm³/mol. The molecule has 234 valence electrons. The van der Waals surface area contributed by atoms with E-state index in [1.807, 2.05) is 11.3 Å². The minimum Gasteiger partial charge on any atom is -0.310 e. The zero-order valence-electron chi connectivity index (χ0n) is 27.3. The maximum Gasteiger partial charge on any atom is 0.0540 e. The van der Waals surface area contributed by atoms with Gasteiger partial charge in [-0.1, -0.05) is 140 Å². The summed E-state index contributed by atoms with van der Waals surface area (Å²) in [6, 6.07) is 68.7. The lowest BCUT2D eigenvalue weighted by Gasteiger charge is -2.28. The summed E-state index contributed by atoms with van der Waals surface area (Å²) in [7, 11) is 0. The van der Waals surface area contributed by atoms with Gasteiger partial charge in [-0.15, -0.1) is 11.3 Å². The molecule has 0 saturated heterocycles. The van der Waals surface area contributed by atoms with E-state index < -0.39 is 0 Å². The summed E-state index contributed by atoms with van der Waals surface area (Å²) >= 11 is 1.86. The zero-order valence-corrected chi connectivity index (χ0v) is 28.1. The minimum absolute atomic E-state index is 1.11. The molecule has 1 aromatic heterocycles. The molecule has 0 spiro atoms. The highest BCUT2D eigenvalue weighted by Gasteiger charge is 2.19. The Morgan fingerprint density at radius 3 is 1.58 bits per heavy atom. The van der Waals surface area contributed by atoms with Crippen molar-refractivity contribution in [3.63, 3.8) is 0 Å². The molecule has 1 nitrogen and oxygen atoms in total. The van der Waals surface area contributed by atoms with Crippen molar-refractivity contribution >= 4 is 80.9 Å². The Morgan fingerprint density at radius 1 is 0.300 bits per heavy atom. The van der Waals surface area contributed by atoms with E-state index in [2.05, 4.69) is 193 Å². The van der Waals surface area contributed by atoms with Gasteiger partial charge in [-0.25, -0.2) is 0 Å². The normalized spacial score (nSPS) is 11.6. The van der Waals surface area contributed by atoms with Crippen LogP contribution in [0.15, 0.2) is 188 Å². The number of para-hydroxylation sites is 1. The van der Waals surface area contributed by atoms with Crippen molar-refractivity contribution < 1.29 is 0 Å². The fourth-order valence-corrected chi connectivity index (χ4v) is 8.79. The lowest BCUT2D eigenvalue weighted by molar-refractivity contribution is 1.29. The van der Waals surface area contributed by atoms with Crippen LogP contribution in [-0.4, -0.2) is 0 Å². The molecule has 0 radical (unpaired) electrons. The van der Waals surface area contributed by atoms with Crippen molar-refractivity contribution in [1.82, 2.24) is 0 Å². The standard InChI is InChI=1S/C48H31NS/c1-2-12-33(13-3-1)37-14-8-10-20-46(37)49(36-27-28-42-40-17-5-4-15-38(40)39-16-6-7-18-41(39)44(42)31-36)35-25-22-32(23-26-35)34-24-29-48-45(30-34)43-19-9-11-21-47(43)50-48/h1-31H. The van der Waals surface area contributed by atoms with Crippen molar-refractivity contribution in [2.24, 2.45) is 0 Å². The second-order valence-corrected chi connectivity index (χ2v) is 14.0.